The Morgan fingerprint density at radius 1 is 1.17 bits per heavy atom. The maximum atomic E-state index is 13.3. The molecule has 158 valence electrons. The molecule has 1 atom stereocenters. The van der Waals surface area contributed by atoms with Crippen molar-refractivity contribution in [2.75, 3.05) is 7.11 Å². The molecule has 0 saturated carbocycles. The number of carbonyl (C=O) groups excluding carboxylic acids is 2. The summed E-state index contributed by atoms with van der Waals surface area (Å²) >= 11 is 12.3. The average molecular weight is 447 g/mol. The van der Waals surface area contributed by atoms with E-state index in [2.05, 4.69) is 5.32 Å². The summed E-state index contributed by atoms with van der Waals surface area (Å²) in [5.41, 5.74) is 2.57. The summed E-state index contributed by atoms with van der Waals surface area (Å²) in [6, 6.07) is 10.3. The zero-order valence-electron chi connectivity index (χ0n) is 17.4. The third-order valence-electron chi connectivity index (χ3n) is 5.26. The lowest BCUT2D eigenvalue weighted by molar-refractivity contribution is -0.121. The average Bonchev–Trinajstić information content (AvgIpc) is 2.97. The Hall–Kier alpha value is -2.50. The van der Waals surface area contributed by atoms with Crippen LogP contribution in [0.2, 0.25) is 10.0 Å². The van der Waals surface area contributed by atoms with Crippen LogP contribution < -0.4 is 10.1 Å². The summed E-state index contributed by atoms with van der Waals surface area (Å²) < 4.78 is 6.95. The zero-order valence-corrected chi connectivity index (χ0v) is 18.9. The summed E-state index contributed by atoms with van der Waals surface area (Å²) in [6.07, 6.45) is 0.989. The van der Waals surface area contributed by atoms with Gasteiger partial charge >= 0.3 is 0 Å². The third-order valence-corrected chi connectivity index (χ3v) is 5.81. The van der Waals surface area contributed by atoms with Gasteiger partial charge in [0.1, 0.15) is 5.75 Å². The molecule has 7 heteroatoms. The summed E-state index contributed by atoms with van der Waals surface area (Å²) in [5.74, 6) is 0.173. The number of aromatic nitrogens is 1. The van der Waals surface area contributed by atoms with E-state index < -0.39 is 0 Å². The fraction of sp³-hybridized carbons (Fsp3) is 0.304. The monoisotopic (exact) mass is 446 g/mol. The van der Waals surface area contributed by atoms with Crippen LogP contribution in [0.25, 0.3) is 10.9 Å². The number of carbonyl (C=O) groups is 2. The molecule has 0 spiro atoms. The van der Waals surface area contributed by atoms with E-state index in [1.165, 1.54) is 7.11 Å². The predicted octanol–water partition coefficient (Wildman–Crippen LogP) is 5.41. The van der Waals surface area contributed by atoms with Crippen molar-refractivity contribution in [1.29, 1.82) is 0 Å². The largest absolute Gasteiger partial charge is 0.495 e. The van der Waals surface area contributed by atoms with Crippen LogP contribution in [0.4, 0.5) is 0 Å². The second kappa shape index (κ2) is 9.11. The highest BCUT2D eigenvalue weighted by atomic mass is 35.5. The second-order valence-electron chi connectivity index (χ2n) is 7.27. The van der Waals surface area contributed by atoms with Gasteiger partial charge in [0.25, 0.3) is 5.91 Å². The first-order valence-corrected chi connectivity index (χ1v) is 10.5. The maximum absolute atomic E-state index is 13.3. The quantitative estimate of drug-likeness (QED) is 0.550. The highest BCUT2D eigenvalue weighted by Crippen LogP contribution is 2.35. The number of benzene rings is 2. The van der Waals surface area contributed by atoms with Crippen LogP contribution in [0.5, 0.6) is 5.75 Å². The molecular weight excluding hydrogens is 423 g/mol. The zero-order chi connectivity index (χ0) is 22.0. The Bertz CT molecular complexity index is 1100. The molecule has 0 aliphatic heterocycles. The molecule has 0 aliphatic rings. The Morgan fingerprint density at radius 3 is 2.43 bits per heavy atom. The number of hydrogen-bond donors (Lipinski definition) is 1. The standard InChI is InChI=1S/C23H24Cl2N2O3/c1-5-13(2)26-22(28)11-17-14(3)27(23(29)15-6-8-16(24)9-7-15)20-12-19(25)21(30-4)10-18(17)20/h6-10,12-13H,5,11H2,1-4H3,(H,26,28). The molecule has 0 radical (unpaired) electrons. The van der Waals surface area contributed by atoms with Gasteiger partial charge in [0, 0.05) is 27.7 Å². The van der Waals surface area contributed by atoms with Crippen LogP contribution in [-0.4, -0.2) is 29.5 Å². The lowest BCUT2D eigenvalue weighted by Crippen LogP contribution is -2.33. The van der Waals surface area contributed by atoms with Crippen LogP contribution in [0, 0.1) is 6.92 Å². The number of nitrogens with zero attached hydrogens (tertiary/aromatic N) is 1. The number of fused-ring (bicyclic) bond motifs is 1. The van der Waals surface area contributed by atoms with Crippen molar-refractivity contribution in [2.45, 2.75) is 39.7 Å². The van der Waals surface area contributed by atoms with E-state index in [4.69, 9.17) is 27.9 Å². The summed E-state index contributed by atoms with van der Waals surface area (Å²) in [7, 11) is 1.53. The molecule has 3 rings (SSSR count). The second-order valence-corrected chi connectivity index (χ2v) is 8.11. The molecule has 30 heavy (non-hydrogen) atoms. The predicted molar refractivity (Wildman–Crippen MR) is 121 cm³/mol. The first-order chi connectivity index (χ1) is 14.3. The van der Waals surface area contributed by atoms with Crippen molar-refractivity contribution in [3.05, 3.63) is 63.3 Å². The van der Waals surface area contributed by atoms with Crippen molar-refractivity contribution in [2.24, 2.45) is 0 Å². The molecule has 0 aliphatic carbocycles. The molecule has 3 aromatic rings. The van der Waals surface area contributed by atoms with Crippen LogP contribution in [0.3, 0.4) is 0 Å². The van der Waals surface area contributed by atoms with E-state index in [9.17, 15) is 9.59 Å². The minimum atomic E-state index is -0.219. The van der Waals surface area contributed by atoms with E-state index in [0.717, 1.165) is 17.4 Å². The van der Waals surface area contributed by atoms with Crippen LogP contribution in [-0.2, 0) is 11.2 Å². The number of hydrogen-bond acceptors (Lipinski definition) is 3. The molecule has 2 aromatic carbocycles. The van der Waals surface area contributed by atoms with Gasteiger partial charge < -0.3 is 10.1 Å². The van der Waals surface area contributed by atoms with Crippen LogP contribution >= 0.6 is 23.2 Å². The number of rotatable bonds is 6. The van der Waals surface area contributed by atoms with E-state index in [0.29, 0.717) is 32.6 Å². The Balaban J connectivity index is 2.16. The summed E-state index contributed by atoms with van der Waals surface area (Å²) in [6.45, 7) is 5.81. The molecule has 1 aromatic heterocycles. The van der Waals surface area contributed by atoms with Gasteiger partial charge in [-0.2, -0.15) is 0 Å². The Labute approximate surface area is 185 Å². The smallest absolute Gasteiger partial charge is 0.262 e. The van der Waals surface area contributed by atoms with Gasteiger partial charge in [-0.3, -0.25) is 14.2 Å². The Kier molecular flexibility index (Phi) is 6.74. The molecule has 0 fully saturated rings. The van der Waals surface area contributed by atoms with Gasteiger partial charge in [0.15, 0.2) is 0 Å². The molecule has 0 bridgehead atoms. The summed E-state index contributed by atoms with van der Waals surface area (Å²) in [4.78, 5) is 25.9. The number of halogens is 2. The highest BCUT2D eigenvalue weighted by Gasteiger charge is 2.23. The Morgan fingerprint density at radius 2 is 1.83 bits per heavy atom. The summed E-state index contributed by atoms with van der Waals surface area (Å²) in [5, 5.41) is 4.68. The molecule has 1 heterocycles. The van der Waals surface area contributed by atoms with Gasteiger partial charge in [-0.15, -0.1) is 0 Å². The van der Waals surface area contributed by atoms with E-state index in [-0.39, 0.29) is 24.3 Å². The van der Waals surface area contributed by atoms with Gasteiger partial charge in [0.2, 0.25) is 5.91 Å². The van der Waals surface area contributed by atoms with E-state index in [1.807, 2.05) is 20.8 Å². The van der Waals surface area contributed by atoms with E-state index in [1.54, 1.807) is 41.0 Å². The van der Waals surface area contributed by atoms with Gasteiger partial charge in [-0.1, -0.05) is 30.1 Å². The molecule has 1 unspecified atom stereocenters. The van der Waals surface area contributed by atoms with Crippen LogP contribution in [0.1, 0.15) is 41.9 Å². The number of nitrogens with one attached hydrogen (secondary N) is 1. The lowest BCUT2D eigenvalue weighted by atomic mass is 10.1. The van der Waals surface area contributed by atoms with Crippen LogP contribution in [0.15, 0.2) is 36.4 Å². The fourth-order valence-corrected chi connectivity index (χ4v) is 3.79. The highest BCUT2D eigenvalue weighted by molar-refractivity contribution is 6.33. The molecule has 0 saturated heterocycles. The fourth-order valence-electron chi connectivity index (χ4n) is 3.43. The van der Waals surface area contributed by atoms with Gasteiger partial charge in [-0.25, -0.2) is 0 Å². The van der Waals surface area contributed by atoms with Crippen molar-refractivity contribution in [3.8, 4) is 5.75 Å². The molecule has 5 nitrogen and oxygen atoms in total. The molecule has 1 N–H and O–H groups in total. The van der Waals surface area contributed by atoms with Gasteiger partial charge in [0.05, 0.1) is 24.1 Å². The van der Waals surface area contributed by atoms with Gasteiger partial charge in [-0.05, 0) is 62.2 Å². The first kappa shape index (κ1) is 22.2. The van der Waals surface area contributed by atoms with E-state index >= 15 is 0 Å². The number of ether oxygens (including phenoxy) is 1. The molecular formula is C23H24Cl2N2O3. The van der Waals surface area contributed by atoms with Crippen molar-refractivity contribution in [1.82, 2.24) is 9.88 Å². The normalized spacial score (nSPS) is 12.1. The number of methoxy groups -OCH3 is 1. The number of amides is 1. The minimum absolute atomic E-state index is 0.0748. The van der Waals surface area contributed by atoms with Crippen molar-refractivity contribution < 1.29 is 14.3 Å². The van der Waals surface area contributed by atoms with Crippen molar-refractivity contribution >= 4 is 45.9 Å². The third kappa shape index (κ3) is 4.32. The first-order valence-electron chi connectivity index (χ1n) is 9.73. The lowest BCUT2D eigenvalue weighted by Gasteiger charge is -2.12. The maximum Gasteiger partial charge on any atom is 0.262 e. The molecule has 1 amide bonds. The van der Waals surface area contributed by atoms with Crippen molar-refractivity contribution in [3.63, 3.8) is 0 Å². The SMILES string of the molecule is CCC(C)NC(=O)Cc1c(C)n(C(=O)c2ccc(Cl)cc2)c2cc(Cl)c(OC)cc12. The topological polar surface area (TPSA) is 60.3 Å². The minimum Gasteiger partial charge on any atom is -0.495 e.